The molecule has 1 aromatic heterocycles. The Bertz CT molecular complexity index is 350. The number of hydrogen-bond acceptors (Lipinski definition) is 7. The highest BCUT2D eigenvalue weighted by molar-refractivity contribution is 5.03. The van der Waals surface area contributed by atoms with Crippen LogP contribution in [0.2, 0.25) is 0 Å². The molecule has 0 bridgehead atoms. The largest absolute Gasteiger partial charge is 0.472 e. The first-order valence-corrected chi connectivity index (χ1v) is 5.56. The second-order valence-electron chi connectivity index (χ2n) is 4.14. The predicted molar refractivity (Wildman–Crippen MR) is 57.3 cm³/mol. The van der Waals surface area contributed by atoms with Crippen LogP contribution in [0.5, 0.6) is 0 Å². The van der Waals surface area contributed by atoms with Gasteiger partial charge < -0.3 is 34.3 Å². The molecule has 5 unspecified atom stereocenters. The lowest BCUT2D eigenvalue weighted by Crippen LogP contribution is -2.59. The third-order valence-electron chi connectivity index (χ3n) is 2.84. The van der Waals surface area contributed by atoms with Gasteiger partial charge in [-0.2, -0.15) is 0 Å². The molecular formula is C11H16O7. The highest BCUT2D eigenvalue weighted by Gasteiger charge is 2.43. The van der Waals surface area contributed by atoms with Gasteiger partial charge in [0.2, 0.25) is 0 Å². The summed E-state index contributed by atoms with van der Waals surface area (Å²) in [5.41, 5.74) is 0.743. The Kier molecular flexibility index (Phi) is 4.33. The molecule has 2 heterocycles. The molecule has 0 radical (unpaired) electrons. The lowest BCUT2D eigenvalue weighted by molar-refractivity contribution is -0.304. The van der Waals surface area contributed by atoms with E-state index in [4.69, 9.17) is 19.0 Å². The number of rotatable bonds is 4. The highest BCUT2D eigenvalue weighted by Crippen LogP contribution is 2.22. The van der Waals surface area contributed by atoms with Crippen LogP contribution in [0.3, 0.4) is 0 Å². The second-order valence-corrected chi connectivity index (χ2v) is 4.14. The number of aliphatic hydroxyl groups is 4. The molecule has 1 aromatic rings. The summed E-state index contributed by atoms with van der Waals surface area (Å²) in [5.74, 6) is 0. The maximum absolute atomic E-state index is 9.68. The van der Waals surface area contributed by atoms with Gasteiger partial charge >= 0.3 is 0 Å². The fourth-order valence-corrected chi connectivity index (χ4v) is 1.76. The maximum Gasteiger partial charge on any atom is 0.187 e. The summed E-state index contributed by atoms with van der Waals surface area (Å²) in [6.45, 7) is -0.351. The molecular weight excluding hydrogens is 244 g/mol. The van der Waals surface area contributed by atoms with Crippen molar-refractivity contribution in [3.8, 4) is 0 Å². The smallest absolute Gasteiger partial charge is 0.187 e. The third kappa shape index (κ3) is 2.72. The Balaban J connectivity index is 1.94. The van der Waals surface area contributed by atoms with Gasteiger partial charge in [0.05, 0.1) is 25.7 Å². The first kappa shape index (κ1) is 13.5. The average Bonchev–Trinajstić information content (AvgIpc) is 2.88. The zero-order chi connectivity index (χ0) is 13.1. The number of ether oxygens (including phenoxy) is 2. The monoisotopic (exact) mass is 260 g/mol. The van der Waals surface area contributed by atoms with E-state index in [1.165, 1.54) is 12.5 Å². The molecule has 4 N–H and O–H groups in total. The van der Waals surface area contributed by atoms with Crippen molar-refractivity contribution >= 4 is 0 Å². The van der Waals surface area contributed by atoms with Crippen LogP contribution in [-0.4, -0.2) is 57.7 Å². The molecule has 0 saturated carbocycles. The van der Waals surface area contributed by atoms with Gasteiger partial charge in [-0.15, -0.1) is 0 Å². The van der Waals surface area contributed by atoms with Crippen molar-refractivity contribution in [2.75, 3.05) is 6.61 Å². The van der Waals surface area contributed by atoms with Crippen LogP contribution in [0.4, 0.5) is 0 Å². The van der Waals surface area contributed by atoms with Crippen LogP contribution in [0.1, 0.15) is 5.56 Å². The summed E-state index contributed by atoms with van der Waals surface area (Å²) < 4.78 is 15.3. The average molecular weight is 260 g/mol. The molecule has 1 saturated heterocycles. The van der Waals surface area contributed by atoms with E-state index in [2.05, 4.69) is 0 Å². The molecule has 0 amide bonds. The quantitative estimate of drug-likeness (QED) is 0.526. The predicted octanol–water partition coefficient (Wildman–Crippen LogP) is -1.40. The normalized spacial score (nSPS) is 36.8. The third-order valence-corrected chi connectivity index (χ3v) is 2.84. The van der Waals surface area contributed by atoms with Gasteiger partial charge in [-0.05, 0) is 6.07 Å². The standard InChI is InChI=1S/C11H16O7/c12-3-7-8(13)9(14)10(15)11(18-7)17-5-6-1-2-16-4-6/h1-2,4,7-15H,3,5H2. The van der Waals surface area contributed by atoms with Gasteiger partial charge in [0.1, 0.15) is 24.4 Å². The van der Waals surface area contributed by atoms with E-state index in [1.807, 2.05) is 0 Å². The van der Waals surface area contributed by atoms with E-state index >= 15 is 0 Å². The van der Waals surface area contributed by atoms with E-state index in [0.717, 1.165) is 5.56 Å². The van der Waals surface area contributed by atoms with E-state index in [9.17, 15) is 15.3 Å². The van der Waals surface area contributed by atoms with Crippen molar-refractivity contribution in [1.29, 1.82) is 0 Å². The Labute approximate surface area is 103 Å². The summed E-state index contributed by atoms with van der Waals surface area (Å²) in [7, 11) is 0. The molecule has 1 fully saturated rings. The fourth-order valence-electron chi connectivity index (χ4n) is 1.76. The molecule has 0 aromatic carbocycles. The molecule has 2 rings (SSSR count). The van der Waals surface area contributed by atoms with Crippen molar-refractivity contribution in [3.05, 3.63) is 24.2 Å². The van der Waals surface area contributed by atoms with Crippen LogP contribution < -0.4 is 0 Å². The minimum absolute atomic E-state index is 0.124. The number of furan rings is 1. The minimum atomic E-state index is -1.43. The van der Waals surface area contributed by atoms with Crippen molar-refractivity contribution in [2.45, 2.75) is 37.3 Å². The topological polar surface area (TPSA) is 113 Å². The van der Waals surface area contributed by atoms with Crippen LogP contribution in [-0.2, 0) is 16.1 Å². The Hall–Kier alpha value is -0.960. The minimum Gasteiger partial charge on any atom is -0.472 e. The van der Waals surface area contributed by atoms with E-state index < -0.39 is 37.3 Å². The van der Waals surface area contributed by atoms with Crippen LogP contribution in [0.25, 0.3) is 0 Å². The van der Waals surface area contributed by atoms with Crippen molar-refractivity contribution in [1.82, 2.24) is 0 Å². The highest BCUT2D eigenvalue weighted by atomic mass is 16.7. The summed E-state index contributed by atoms with van der Waals surface area (Å²) in [6.07, 6.45) is -3.30. The summed E-state index contributed by atoms with van der Waals surface area (Å²) in [5, 5.41) is 37.8. The molecule has 7 nitrogen and oxygen atoms in total. The van der Waals surface area contributed by atoms with Crippen LogP contribution >= 0.6 is 0 Å². The van der Waals surface area contributed by atoms with Crippen LogP contribution in [0, 0.1) is 0 Å². The van der Waals surface area contributed by atoms with Gasteiger partial charge in [-0.25, -0.2) is 0 Å². The fraction of sp³-hybridized carbons (Fsp3) is 0.636. The molecule has 5 atom stereocenters. The van der Waals surface area contributed by atoms with Crippen molar-refractivity contribution in [3.63, 3.8) is 0 Å². The number of aliphatic hydroxyl groups excluding tert-OH is 4. The van der Waals surface area contributed by atoms with Crippen molar-refractivity contribution in [2.24, 2.45) is 0 Å². The van der Waals surface area contributed by atoms with Gasteiger partial charge in [-0.3, -0.25) is 0 Å². The first-order valence-electron chi connectivity index (χ1n) is 5.56. The zero-order valence-corrected chi connectivity index (χ0v) is 9.55. The molecule has 0 aliphatic carbocycles. The maximum atomic E-state index is 9.68. The van der Waals surface area contributed by atoms with Crippen molar-refractivity contribution < 1.29 is 34.3 Å². The van der Waals surface area contributed by atoms with Gasteiger partial charge in [0.25, 0.3) is 0 Å². The summed E-state index contributed by atoms with van der Waals surface area (Å²) >= 11 is 0. The molecule has 18 heavy (non-hydrogen) atoms. The molecule has 0 spiro atoms. The first-order chi connectivity index (χ1) is 8.63. The van der Waals surface area contributed by atoms with E-state index in [1.54, 1.807) is 6.07 Å². The molecule has 7 heteroatoms. The zero-order valence-electron chi connectivity index (χ0n) is 9.55. The molecule has 102 valence electrons. The molecule has 1 aliphatic heterocycles. The Morgan fingerprint density at radius 1 is 1.17 bits per heavy atom. The number of hydrogen-bond donors (Lipinski definition) is 4. The van der Waals surface area contributed by atoms with E-state index in [0.29, 0.717) is 0 Å². The Morgan fingerprint density at radius 3 is 2.56 bits per heavy atom. The SMILES string of the molecule is OCC1OC(OCc2ccoc2)C(O)C(O)C1O. The van der Waals surface area contributed by atoms with Gasteiger partial charge in [0, 0.05) is 5.56 Å². The van der Waals surface area contributed by atoms with E-state index in [-0.39, 0.29) is 6.61 Å². The summed E-state index contributed by atoms with van der Waals surface area (Å²) in [6, 6.07) is 1.68. The van der Waals surface area contributed by atoms with Crippen LogP contribution in [0.15, 0.2) is 23.0 Å². The Morgan fingerprint density at radius 2 is 1.94 bits per heavy atom. The lowest BCUT2D eigenvalue weighted by Gasteiger charge is -2.39. The summed E-state index contributed by atoms with van der Waals surface area (Å²) in [4.78, 5) is 0. The lowest BCUT2D eigenvalue weighted by atomic mass is 9.99. The van der Waals surface area contributed by atoms with Gasteiger partial charge in [0.15, 0.2) is 6.29 Å². The van der Waals surface area contributed by atoms with Gasteiger partial charge in [-0.1, -0.05) is 0 Å². The second kappa shape index (κ2) is 5.79. The molecule has 1 aliphatic rings.